The molecule has 3 aromatic rings. The Morgan fingerprint density at radius 2 is 1.42 bits per heavy atom. The second-order valence-electron chi connectivity index (χ2n) is 4.27. The summed E-state index contributed by atoms with van der Waals surface area (Å²) in [4.78, 5) is 3.28. The van der Waals surface area contributed by atoms with E-state index in [1.807, 2.05) is 42.5 Å². The lowest BCUT2D eigenvalue weighted by Gasteiger charge is -2.08. The molecule has 0 saturated heterocycles. The van der Waals surface area contributed by atoms with Crippen molar-refractivity contribution in [3.8, 4) is 0 Å². The summed E-state index contributed by atoms with van der Waals surface area (Å²) in [6.45, 7) is 0. The van der Waals surface area contributed by atoms with Crippen LogP contribution in [0.5, 0.6) is 0 Å². The van der Waals surface area contributed by atoms with Gasteiger partial charge < -0.3 is 5.32 Å². The molecule has 0 saturated carbocycles. The summed E-state index contributed by atoms with van der Waals surface area (Å²) in [7, 11) is 0. The molecule has 0 heterocycles. The number of hydrogen-bond acceptors (Lipinski definition) is 2. The topological polar surface area (TPSA) is 40.2 Å². The number of fused-ring (bicyclic) bond motifs is 1. The maximum Gasteiger partial charge on any atom is 0.408 e. The van der Waals surface area contributed by atoms with Crippen molar-refractivity contribution in [1.29, 1.82) is 5.39 Å². The minimum atomic E-state index is 0.524. The molecule has 0 spiro atoms. The van der Waals surface area contributed by atoms with Crippen LogP contribution in [-0.4, -0.2) is 0 Å². The molecule has 1 N–H and O–H groups in total. The van der Waals surface area contributed by atoms with Crippen molar-refractivity contribution in [2.75, 3.05) is 5.32 Å². The van der Waals surface area contributed by atoms with Crippen LogP contribution in [0.4, 0.5) is 17.1 Å². The fourth-order valence-corrected chi connectivity index (χ4v) is 2.15. The van der Waals surface area contributed by atoms with E-state index in [0.29, 0.717) is 5.69 Å². The second kappa shape index (κ2) is 4.79. The molecule has 0 fully saturated rings. The van der Waals surface area contributed by atoms with E-state index in [2.05, 4.69) is 28.5 Å². The number of para-hydroxylation sites is 1. The van der Waals surface area contributed by atoms with E-state index in [4.69, 9.17) is 5.39 Å². The standard InChI is InChI=1S/C16H12N3/c17-19-16-10-4-3-9-15(16)18-14-11-5-7-12-6-1-2-8-13(12)14/h1-11,18H/q+1. The number of benzene rings is 3. The molecule has 90 valence electrons. The molecule has 0 amide bonds. The molecule has 0 aliphatic rings. The molecule has 0 radical (unpaired) electrons. The highest BCUT2D eigenvalue weighted by atomic mass is 14.9. The highest BCUT2D eigenvalue weighted by molar-refractivity contribution is 5.96. The van der Waals surface area contributed by atoms with Gasteiger partial charge in [-0.2, -0.15) is 0 Å². The molecule has 0 atom stereocenters. The van der Waals surface area contributed by atoms with Gasteiger partial charge in [0.2, 0.25) is 5.39 Å². The molecule has 0 aliphatic heterocycles. The molecule has 3 aromatic carbocycles. The molecule has 0 aromatic heterocycles. The maximum atomic E-state index is 8.99. The van der Waals surface area contributed by atoms with E-state index in [1.54, 1.807) is 6.07 Å². The first-order valence-electron chi connectivity index (χ1n) is 6.07. The van der Waals surface area contributed by atoms with Gasteiger partial charge in [0.25, 0.3) is 0 Å². The summed E-state index contributed by atoms with van der Waals surface area (Å²) in [6, 6.07) is 21.6. The third-order valence-corrected chi connectivity index (χ3v) is 3.07. The lowest BCUT2D eigenvalue weighted by Crippen LogP contribution is -1.91. The van der Waals surface area contributed by atoms with E-state index in [9.17, 15) is 0 Å². The Bertz CT molecular complexity index is 767. The van der Waals surface area contributed by atoms with E-state index in [1.165, 1.54) is 5.39 Å². The lowest BCUT2D eigenvalue weighted by atomic mass is 10.1. The molecular formula is C16H12N3+. The van der Waals surface area contributed by atoms with Gasteiger partial charge in [-0.15, -0.1) is 0 Å². The van der Waals surface area contributed by atoms with E-state index in [0.717, 1.165) is 16.8 Å². The van der Waals surface area contributed by atoms with Crippen LogP contribution < -0.4 is 5.32 Å². The van der Waals surface area contributed by atoms with Crippen LogP contribution in [-0.2, 0) is 0 Å². The number of rotatable bonds is 2. The normalized spacial score (nSPS) is 10.1. The van der Waals surface area contributed by atoms with Crippen LogP contribution in [0.2, 0.25) is 0 Å². The van der Waals surface area contributed by atoms with Gasteiger partial charge in [0, 0.05) is 17.1 Å². The Labute approximate surface area is 111 Å². The average Bonchev–Trinajstić information content (AvgIpc) is 2.48. The van der Waals surface area contributed by atoms with Crippen molar-refractivity contribution in [3.63, 3.8) is 0 Å². The fourth-order valence-electron chi connectivity index (χ4n) is 2.15. The highest BCUT2D eigenvalue weighted by Crippen LogP contribution is 2.31. The third kappa shape index (κ3) is 2.12. The summed E-state index contributed by atoms with van der Waals surface area (Å²) < 4.78 is 0. The lowest BCUT2D eigenvalue weighted by molar-refractivity contribution is 1.45. The Morgan fingerprint density at radius 3 is 2.32 bits per heavy atom. The Kier molecular flexibility index (Phi) is 2.83. The van der Waals surface area contributed by atoms with Crippen molar-refractivity contribution >= 4 is 27.8 Å². The summed E-state index contributed by atoms with van der Waals surface area (Å²) in [5.74, 6) is 0. The Morgan fingerprint density at radius 1 is 0.737 bits per heavy atom. The number of hydrogen-bond donors (Lipinski definition) is 1. The molecule has 0 aliphatic carbocycles. The van der Waals surface area contributed by atoms with Gasteiger partial charge >= 0.3 is 5.69 Å². The summed E-state index contributed by atoms with van der Waals surface area (Å²) in [5.41, 5.74) is 2.30. The van der Waals surface area contributed by atoms with Crippen molar-refractivity contribution in [1.82, 2.24) is 0 Å². The van der Waals surface area contributed by atoms with Crippen LogP contribution in [0.15, 0.2) is 66.7 Å². The fraction of sp³-hybridized carbons (Fsp3) is 0. The molecule has 3 heteroatoms. The second-order valence-corrected chi connectivity index (χ2v) is 4.27. The molecule has 0 bridgehead atoms. The predicted octanol–water partition coefficient (Wildman–Crippen LogP) is 5.07. The van der Waals surface area contributed by atoms with E-state index < -0.39 is 0 Å². The monoisotopic (exact) mass is 246 g/mol. The van der Waals surface area contributed by atoms with Crippen LogP contribution in [0.25, 0.3) is 15.7 Å². The third-order valence-electron chi connectivity index (χ3n) is 3.07. The van der Waals surface area contributed by atoms with Gasteiger partial charge in [-0.25, -0.2) is 0 Å². The average molecular weight is 246 g/mol. The molecule has 3 rings (SSSR count). The SMILES string of the molecule is N#[N+]c1ccccc1Nc1cccc2ccccc12. The van der Waals surface area contributed by atoms with Crippen LogP contribution in [0.3, 0.4) is 0 Å². The quantitative estimate of drug-likeness (QED) is 0.641. The van der Waals surface area contributed by atoms with Gasteiger partial charge in [0.1, 0.15) is 5.69 Å². The molecular weight excluding hydrogens is 234 g/mol. The zero-order chi connectivity index (χ0) is 13.1. The van der Waals surface area contributed by atoms with E-state index >= 15 is 0 Å². The predicted molar refractivity (Wildman–Crippen MR) is 78.4 cm³/mol. The zero-order valence-electron chi connectivity index (χ0n) is 10.2. The number of nitrogens with one attached hydrogen (secondary N) is 1. The van der Waals surface area contributed by atoms with Gasteiger partial charge in [0.15, 0.2) is 4.98 Å². The van der Waals surface area contributed by atoms with Crippen molar-refractivity contribution < 1.29 is 0 Å². The largest absolute Gasteiger partial charge is 0.408 e. The number of anilines is 2. The van der Waals surface area contributed by atoms with E-state index in [-0.39, 0.29) is 0 Å². The first-order valence-corrected chi connectivity index (χ1v) is 6.07. The molecule has 3 nitrogen and oxygen atoms in total. The minimum Gasteiger partial charge on any atom is -0.348 e. The molecule has 0 unspecified atom stereocenters. The highest BCUT2D eigenvalue weighted by Gasteiger charge is 2.12. The van der Waals surface area contributed by atoms with Gasteiger partial charge in [-0.05, 0) is 17.5 Å². The summed E-state index contributed by atoms with van der Waals surface area (Å²) in [6.07, 6.45) is 0. The molecule has 19 heavy (non-hydrogen) atoms. The number of diazo groups is 1. The summed E-state index contributed by atoms with van der Waals surface area (Å²) >= 11 is 0. The Balaban J connectivity index is 2.09. The van der Waals surface area contributed by atoms with Crippen molar-refractivity contribution in [2.24, 2.45) is 0 Å². The Hall–Kier alpha value is -2.86. The van der Waals surface area contributed by atoms with Crippen LogP contribution in [0, 0.1) is 5.39 Å². The zero-order valence-corrected chi connectivity index (χ0v) is 10.2. The van der Waals surface area contributed by atoms with Crippen LogP contribution in [0.1, 0.15) is 0 Å². The van der Waals surface area contributed by atoms with Crippen LogP contribution >= 0.6 is 0 Å². The van der Waals surface area contributed by atoms with Gasteiger partial charge in [-0.1, -0.05) is 48.5 Å². The van der Waals surface area contributed by atoms with Gasteiger partial charge in [-0.3, -0.25) is 0 Å². The summed E-state index contributed by atoms with van der Waals surface area (Å²) in [5, 5.41) is 14.6. The smallest absolute Gasteiger partial charge is 0.348 e. The maximum absolute atomic E-state index is 8.99. The minimum absolute atomic E-state index is 0.524. The first kappa shape index (κ1) is 11.2. The first-order chi connectivity index (χ1) is 9.38. The van der Waals surface area contributed by atoms with Crippen molar-refractivity contribution in [2.45, 2.75) is 0 Å². The number of nitrogens with zero attached hydrogens (tertiary/aromatic N) is 2. The van der Waals surface area contributed by atoms with Gasteiger partial charge in [0.05, 0.1) is 0 Å². The van der Waals surface area contributed by atoms with Crippen molar-refractivity contribution in [3.05, 3.63) is 71.7 Å².